The molecule has 0 N–H and O–H groups in total. The highest BCUT2D eigenvalue weighted by atomic mass is 35.5. The Bertz CT molecular complexity index is 436. The fourth-order valence-corrected chi connectivity index (χ4v) is 1.61. The zero-order valence-electron chi connectivity index (χ0n) is 7.80. The molecule has 0 spiro atoms. The Hall–Kier alpha value is -0.860. The van der Waals surface area contributed by atoms with Gasteiger partial charge in [-0.25, -0.2) is 0 Å². The highest BCUT2D eigenvalue weighted by Gasteiger charge is 2.34. The lowest BCUT2D eigenvalue weighted by molar-refractivity contribution is -0.116. The summed E-state index contributed by atoms with van der Waals surface area (Å²) < 4.78 is 0. The average Bonchev–Trinajstić information content (AvgIpc) is 3.03. The Kier molecular flexibility index (Phi) is 2.81. The molecule has 2 rings (SSSR count). The maximum absolute atomic E-state index is 11.6. The van der Waals surface area contributed by atoms with Gasteiger partial charge in [0.25, 0.3) is 0 Å². The number of rotatable bonds is 3. The Labute approximate surface area is 97.2 Å². The molecule has 1 aromatic rings. The first-order valence-electron chi connectivity index (χ1n) is 4.63. The summed E-state index contributed by atoms with van der Waals surface area (Å²) in [5, 5.41) is 0.679. The predicted octanol–water partition coefficient (Wildman–Crippen LogP) is 3.16. The summed E-state index contributed by atoms with van der Waals surface area (Å²) in [6.07, 6.45) is 1.65. The van der Waals surface area contributed by atoms with E-state index in [1.807, 2.05) is 0 Å². The van der Waals surface area contributed by atoms with Crippen LogP contribution < -0.4 is 0 Å². The smallest absolute Gasteiger partial charge is 0.228 e. The number of hydrogen-bond acceptors (Lipinski definition) is 2. The van der Waals surface area contributed by atoms with Gasteiger partial charge in [-0.05, 0) is 31.0 Å². The van der Waals surface area contributed by atoms with Gasteiger partial charge in [0.05, 0.1) is 10.0 Å². The zero-order chi connectivity index (χ0) is 11.0. The van der Waals surface area contributed by atoms with Crippen molar-refractivity contribution in [3.63, 3.8) is 0 Å². The van der Waals surface area contributed by atoms with E-state index in [9.17, 15) is 9.59 Å². The van der Waals surface area contributed by atoms with Gasteiger partial charge in [0, 0.05) is 11.5 Å². The number of ketones is 2. The molecule has 15 heavy (non-hydrogen) atoms. The van der Waals surface area contributed by atoms with Crippen LogP contribution in [0.25, 0.3) is 0 Å². The topological polar surface area (TPSA) is 34.1 Å². The van der Waals surface area contributed by atoms with Crippen LogP contribution in [0.1, 0.15) is 23.2 Å². The minimum absolute atomic E-state index is 0.0630. The van der Waals surface area contributed by atoms with Gasteiger partial charge >= 0.3 is 0 Å². The standard InChI is InChI=1S/C11H8Cl2O2/c12-8-4-3-7(5-9(8)13)11(15)10(14)6-1-2-6/h3-6H,1-2H2. The fraction of sp³-hybridized carbons (Fsp3) is 0.273. The van der Waals surface area contributed by atoms with Crippen molar-refractivity contribution in [1.82, 2.24) is 0 Å². The summed E-state index contributed by atoms with van der Waals surface area (Å²) in [4.78, 5) is 23.1. The van der Waals surface area contributed by atoms with Crippen molar-refractivity contribution in [1.29, 1.82) is 0 Å². The third-order valence-electron chi connectivity index (χ3n) is 2.35. The Morgan fingerprint density at radius 3 is 2.33 bits per heavy atom. The third kappa shape index (κ3) is 2.21. The maximum atomic E-state index is 11.6. The van der Waals surface area contributed by atoms with Crippen molar-refractivity contribution in [3.8, 4) is 0 Å². The fourth-order valence-electron chi connectivity index (χ4n) is 1.31. The van der Waals surface area contributed by atoms with Crippen LogP contribution in [0, 0.1) is 5.92 Å². The predicted molar refractivity (Wildman–Crippen MR) is 58.5 cm³/mol. The molecule has 1 aromatic carbocycles. The van der Waals surface area contributed by atoms with Crippen LogP contribution in [0.15, 0.2) is 18.2 Å². The van der Waals surface area contributed by atoms with Crippen LogP contribution in [0.4, 0.5) is 0 Å². The Balaban J connectivity index is 2.25. The number of halogens is 2. The van der Waals surface area contributed by atoms with E-state index in [0.717, 1.165) is 12.8 Å². The normalized spacial score (nSPS) is 15.1. The van der Waals surface area contributed by atoms with E-state index in [4.69, 9.17) is 23.2 Å². The molecule has 0 aromatic heterocycles. The van der Waals surface area contributed by atoms with Crippen molar-refractivity contribution in [2.75, 3.05) is 0 Å². The van der Waals surface area contributed by atoms with E-state index in [2.05, 4.69) is 0 Å². The van der Waals surface area contributed by atoms with Gasteiger partial charge in [-0.1, -0.05) is 23.2 Å². The maximum Gasteiger partial charge on any atom is 0.228 e. The minimum Gasteiger partial charge on any atom is -0.290 e. The van der Waals surface area contributed by atoms with Gasteiger partial charge in [-0.3, -0.25) is 9.59 Å². The van der Waals surface area contributed by atoms with Gasteiger partial charge in [0.1, 0.15) is 0 Å². The Morgan fingerprint density at radius 1 is 1.13 bits per heavy atom. The van der Waals surface area contributed by atoms with E-state index in [1.54, 1.807) is 0 Å². The molecule has 2 nitrogen and oxygen atoms in total. The summed E-state index contributed by atoms with van der Waals surface area (Å²) >= 11 is 11.5. The van der Waals surface area contributed by atoms with Gasteiger partial charge in [0.2, 0.25) is 11.6 Å². The molecular weight excluding hydrogens is 235 g/mol. The summed E-state index contributed by atoms with van der Waals surface area (Å²) in [6, 6.07) is 4.49. The van der Waals surface area contributed by atoms with Crippen molar-refractivity contribution in [2.24, 2.45) is 5.92 Å². The molecule has 0 amide bonds. The average molecular weight is 243 g/mol. The molecular formula is C11H8Cl2O2. The van der Waals surface area contributed by atoms with Gasteiger partial charge in [-0.2, -0.15) is 0 Å². The van der Waals surface area contributed by atoms with Crippen LogP contribution >= 0.6 is 23.2 Å². The molecule has 1 aliphatic rings. The lowest BCUT2D eigenvalue weighted by Crippen LogP contribution is -2.15. The molecule has 0 unspecified atom stereocenters. The SMILES string of the molecule is O=C(C(=O)C1CC1)c1ccc(Cl)c(Cl)c1. The van der Waals surface area contributed by atoms with Crippen molar-refractivity contribution < 1.29 is 9.59 Å². The van der Waals surface area contributed by atoms with E-state index < -0.39 is 5.78 Å². The van der Waals surface area contributed by atoms with E-state index in [-0.39, 0.29) is 11.7 Å². The second-order valence-electron chi connectivity index (χ2n) is 3.60. The highest BCUT2D eigenvalue weighted by molar-refractivity contribution is 6.46. The summed E-state index contributed by atoms with van der Waals surface area (Å²) in [7, 11) is 0. The van der Waals surface area contributed by atoms with E-state index >= 15 is 0 Å². The van der Waals surface area contributed by atoms with Crippen molar-refractivity contribution >= 4 is 34.8 Å². The first-order chi connectivity index (χ1) is 7.09. The van der Waals surface area contributed by atoms with Gasteiger partial charge < -0.3 is 0 Å². The first-order valence-corrected chi connectivity index (χ1v) is 5.39. The molecule has 1 fully saturated rings. The summed E-state index contributed by atoms with van der Waals surface area (Å²) in [5.74, 6) is -0.837. The molecule has 78 valence electrons. The molecule has 1 saturated carbocycles. The largest absolute Gasteiger partial charge is 0.290 e. The highest BCUT2D eigenvalue weighted by Crippen LogP contribution is 2.31. The second kappa shape index (κ2) is 3.95. The summed E-state index contributed by atoms with van der Waals surface area (Å²) in [5.41, 5.74) is 0.321. The third-order valence-corrected chi connectivity index (χ3v) is 3.09. The first kappa shape index (κ1) is 10.7. The van der Waals surface area contributed by atoms with E-state index in [1.165, 1.54) is 18.2 Å². The Morgan fingerprint density at radius 2 is 1.80 bits per heavy atom. The molecule has 0 aliphatic heterocycles. The molecule has 0 bridgehead atoms. The number of carbonyl (C=O) groups excluding carboxylic acids is 2. The van der Waals surface area contributed by atoms with Crippen LogP contribution in [0.2, 0.25) is 10.0 Å². The molecule has 4 heteroatoms. The second-order valence-corrected chi connectivity index (χ2v) is 4.41. The monoisotopic (exact) mass is 242 g/mol. The number of hydrogen-bond donors (Lipinski definition) is 0. The van der Waals surface area contributed by atoms with E-state index in [0.29, 0.717) is 15.6 Å². The number of Topliss-reactive ketones (excluding diaryl/α,β-unsaturated/α-hetero) is 2. The lowest BCUT2D eigenvalue weighted by atomic mass is 10.0. The molecule has 1 aliphatic carbocycles. The van der Waals surface area contributed by atoms with Crippen molar-refractivity contribution in [2.45, 2.75) is 12.8 Å². The number of carbonyl (C=O) groups is 2. The molecule has 0 atom stereocenters. The molecule has 0 radical (unpaired) electrons. The zero-order valence-corrected chi connectivity index (χ0v) is 9.31. The number of benzene rings is 1. The minimum atomic E-state index is -0.462. The molecule has 0 saturated heterocycles. The lowest BCUT2D eigenvalue weighted by Gasteiger charge is -2.00. The van der Waals surface area contributed by atoms with Gasteiger partial charge in [-0.15, -0.1) is 0 Å². The summed E-state index contributed by atoms with van der Waals surface area (Å²) in [6.45, 7) is 0. The van der Waals surface area contributed by atoms with Gasteiger partial charge in [0.15, 0.2) is 0 Å². The molecule has 0 heterocycles. The van der Waals surface area contributed by atoms with Crippen LogP contribution in [0.5, 0.6) is 0 Å². The van der Waals surface area contributed by atoms with Crippen molar-refractivity contribution in [3.05, 3.63) is 33.8 Å². The van der Waals surface area contributed by atoms with Crippen LogP contribution in [-0.2, 0) is 4.79 Å². The quantitative estimate of drug-likeness (QED) is 0.603. The van der Waals surface area contributed by atoms with Crippen LogP contribution in [0.3, 0.4) is 0 Å². The van der Waals surface area contributed by atoms with Crippen LogP contribution in [-0.4, -0.2) is 11.6 Å².